The van der Waals surface area contributed by atoms with Crippen LogP contribution in [0.2, 0.25) is 0 Å². The molecule has 2 aromatic carbocycles. The van der Waals surface area contributed by atoms with Crippen molar-refractivity contribution in [1.82, 2.24) is 10.6 Å². The van der Waals surface area contributed by atoms with Crippen molar-refractivity contribution in [2.45, 2.75) is 0 Å². The molecule has 3 N–H and O–H groups in total. The zero-order chi connectivity index (χ0) is 23.3. The van der Waals surface area contributed by atoms with Crippen molar-refractivity contribution in [3.05, 3.63) is 58.1 Å². The molecule has 2 heterocycles. The predicted octanol–water partition coefficient (Wildman–Crippen LogP) is 0.410. The molecule has 2 fully saturated rings. The van der Waals surface area contributed by atoms with Crippen LogP contribution in [-0.4, -0.2) is 60.8 Å². The Labute approximate surface area is 186 Å². The standard InChI is InChI=1S/C23H18N2O8/c26-19-13-2-1-3-15(32-22(30)11-6-24-7-11)17(13)20(27)18-14(19)4-10(21(28)29)5-16(18)33-23(31)12-8-25-9-12/h1-5,11-12,24-25H,6-9H2,(H,28,29). The molecule has 0 amide bonds. The summed E-state index contributed by atoms with van der Waals surface area (Å²) in [5.74, 6) is -5.01. The summed E-state index contributed by atoms with van der Waals surface area (Å²) in [6.45, 7) is 1.70. The largest absolute Gasteiger partial charge is 0.478 e. The van der Waals surface area contributed by atoms with E-state index in [0.717, 1.165) is 12.1 Å². The van der Waals surface area contributed by atoms with Gasteiger partial charge >= 0.3 is 17.9 Å². The summed E-state index contributed by atoms with van der Waals surface area (Å²) in [4.78, 5) is 63.2. The number of carboxylic acids is 1. The van der Waals surface area contributed by atoms with Crippen molar-refractivity contribution in [3.8, 4) is 11.5 Å². The van der Waals surface area contributed by atoms with Crippen LogP contribution in [0.5, 0.6) is 11.5 Å². The molecule has 33 heavy (non-hydrogen) atoms. The number of hydrogen-bond acceptors (Lipinski definition) is 9. The van der Waals surface area contributed by atoms with E-state index in [9.17, 15) is 29.1 Å². The van der Waals surface area contributed by atoms with E-state index in [1.165, 1.54) is 18.2 Å². The van der Waals surface area contributed by atoms with Gasteiger partial charge in [-0.25, -0.2) is 4.79 Å². The summed E-state index contributed by atoms with van der Waals surface area (Å²) in [7, 11) is 0. The van der Waals surface area contributed by atoms with Gasteiger partial charge in [-0.15, -0.1) is 0 Å². The summed E-state index contributed by atoms with van der Waals surface area (Å²) in [6, 6.07) is 6.43. The monoisotopic (exact) mass is 450 g/mol. The molecule has 1 aliphatic carbocycles. The summed E-state index contributed by atoms with van der Waals surface area (Å²) in [6.07, 6.45) is 0. The summed E-state index contributed by atoms with van der Waals surface area (Å²) in [5, 5.41) is 15.4. The molecule has 10 heteroatoms. The Hall–Kier alpha value is -3.89. The summed E-state index contributed by atoms with van der Waals surface area (Å²) in [5.41, 5.74) is -0.859. The number of esters is 2. The Morgan fingerprint density at radius 3 is 1.91 bits per heavy atom. The fraction of sp³-hybridized carbons (Fsp3) is 0.261. The Kier molecular flexibility index (Phi) is 5.03. The minimum Gasteiger partial charge on any atom is -0.478 e. The molecule has 0 radical (unpaired) electrons. The zero-order valence-corrected chi connectivity index (χ0v) is 17.2. The number of benzene rings is 2. The fourth-order valence-corrected chi connectivity index (χ4v) is 3.84. The number of carboxylic acid groups (broad SMARTS) is 1. The smallest absolute Gasteiger partial charge is 0.335 e. The maximum absolute atomic E-state index is 13.5. The first-order valence-corrected chi connectivity index (χ1v) is 10.3. The number of aromatic carboxylic acids is 1. The molecular formula is C23H18N2O8. The molecule has 0 spiro atoms. The first-order valence-electron chi connectivity index (χ1n) is 10.3. The highest BCUT2D eigenvalue weighted by Gasteiger charge is 2.38. The number of fused-ring (bicyclic) bond motifs is 2. The molecule has 0 saturated carbocycles. The van der Waals surface area contributed by atoms with E-state index in [1.807, 2.05) is 0 Å². The second kappa shape index (κ2) is 7.91. The molecule has 2 aromatic rings. The third-order valence-electron chi connectivity index (χ3n) is 5.97. The van der Waals surface area contributed by atoms with E-state index in [-0.39, 0.29) is 45.2 Å². The third-order valence-corrected chi connectivity index (χ3v) is 5.97. The second-order valence-electron chi connectivity index (χ2n) is 8.09. The van der Waals surface area contributed by atoms with E-state index in [1.54, 1.807) is 0 Å². The van der Waals surface area contributed by atoms with E-state index in [0.29, 0.717) is 26.2 Å². The normalized spacial score (nSPS) is 17.3. The van der Waals surface area contributed by atoms with Crippen molar-refractivity contribution < 1.29 is 38.6 Å². The van der Waals surface area contributed by atoms with Crippen LogP contribution in [0, 0.1) is 11.8 Å². The van der Waals surface area contributed by atoms with Crippen molar-refractivity contribution in [3.63, 3.8) is 0 Å². The van der Waals surface area contributed by atoms with Gasteiger partial charge in [-0.1, -0.05) is 12.1 Å². The van der Waals surface area contributed by atoms with Gasteiger partial charge in [0.05, 0.1) is 28.5 Å². The Balaban J connectivity index is 1.60. The van der Waals surface area contributed by atoms with Crippen molar-refractivity contribution in [2.24, 2.45) is 11.8 Å². The molecule has 0 bridgehead atoms. The lowest BCUT2D eigenvalue weighted by atomic mass is 9.82. The Morgan fingerprint density at radius 2 is 1.36 bits per heavy atom. The average molecular weight is 450 g/mol. The van der Waals surface area contributed by atoms with E-state index < -0.39 is 35.4 Å². The van der Waals surface area contributed by atoms with Crippen LogP contribution in [0.3, 0.4) is 0 Å². The lowest BCUT2D eigenvalue weighted by Crippen LogP contribution is -2.48. The number of nitrogens with one attached hydrogen (secondary N) is 2. The van der Waals surface area contributed by atoms with Crippen molar-refractivity contribution in [2.75, 3.05) is 26.2 Å². The number of rotatable bonds is 5. The molecule has 0 unspecified atom stereocenters. The van der Waals surface area contributed by atoms with Gasteiger partial charge in [-0.3, -0.25) is 19.2 Å². The minimum absolute atomic E-state index is 0.0208. The van der Waals surface area contributed by atoms with Gasteiger partial charge in [0.2, 0.25) is 5.78 Å². The van der Waals surface area contributed by atoms with E-state index in [4.69, 9.17) is 9.47 Å². The molecule has 0 aromatic heterocycles. The van der Waals surface area contributed by atoms with Gasteiger partial charge in [0, 0.05) is 37.3 Å². The van der Waals surface area contributed by atoms with E-state index in [2.05, 4.69) is 10.6 Å². The molecule has 2 aliphatic heterocycles. The highest BCUT2D eigenvalue weighted by molar-refractivity contribution is 6.30. The van der Waals surface area contributed by atoms with Crippen LogP contribution in [-0.2, 0) is 9.59 Å². The van der Waals surface area contributed by atoms with Crippen LogP contribution in [0.4, 0.5) is 0 Å². The fourth-order valence-electron chi connectivity index (χ4n) is 3.84. The highest BCUT2D eigenvalue weighted by Crippen LogP contribution is 2.38. The van der Waals surface area contributed by atoms with Gasteiger partial charge in [0.25, 0.3) is 0 Å². The molecule has 168 valence electrons. The molecule has 5 rings (SSSR count). The summed E-state index contributed by atoms with van der Waals surface area (Å²) < 4.78 is 10.8. The lowest BCUT2D eigenvalue weighted by molar-refractivity contribution is -0.141. The topological polar surface area (TPSA) is 148 Å². The van der Waals surface area contributed by atoms with Gasteiger partial charge < -0.3 is 25.2 Å². The van der Waals surface area contributed by atoms with Crippen molar-refractivity contribution >= 4 is 29.5 Å². The van der Waals surface area contributed by atoms with Gasteiger partial charge in [-0.2, -0.15) is 0 Å². The van der Waals surface area contributed by atoms with Crippen LogP contribution < -0.4 is 20.1 Å². The zero-order valence-electron chi connectivity index (χ0n) is 17.2. The predicted molar refractivity (Wildman–Crippen MR) is 111 cm³/mol. The quantitative estimate of drug-likeness (QED) is 0.369. The SMILES string of the molecule is O=C(O)c1cc(OC(=O)C2CNC2)c2c(c1)C(=O)c1cccc(OC(=O)C3CNC3)c1C2=O. The molecule has 2 saturated heterocycles. The lowest BCUT2D eigenvalue weighted by Gasteiger charge is -2.27. The van der Waals surface area contributed by atoms with Crippen LogP contribution in [0.1, 0.15) is 42.2 Å². The maximum atomic E-state index is 13.5. The Morgan fingerprint density at radius 1 is 0.788 bits per heavy atom. The van der Waals surface area contributed by atoms with Gasteiger partial charge in [0.1, 0.15) is 11.5 Å². The number of carbonyl (C=O) groups is 5. The number of ketones is 2. The van der Waals surface area contributed by atoms with Gasteiger partial charge in [-0.05, 0) is 18.2 Å². The number of ether oxygens (including phenoxy) is 2. The van der Waals surface area contributed by atoms with Crippen LogP contribution in [0.15, 0.2) is 30.3 Å². The first kappa shape index (κ1) is 21.0. The minimum atomic E-state index is -1.34. The maximum Gasteiger partial charge on any atom is 0.335 e. The third kappa shape index (κ3) is 3.49. The average Bonchev–Trinajstić information content (AvgIpc) is 2.68. The highest BCUT2D eigenvalue weighted by atomic mass is 16.5. The van der Waals surface area contributed by atoms with Crippen LogP contribution in [0.25, 0.3) is 0 Å². The van der Waals surface area contributed by atoms with E-state index >= 15 is 0 Å². The molecular weight excluding hydrogens is 432 g/mol. The summed E-state index contributed by atoms with van der Waals surface area (Å²) >= 11 is 0. The first-order chi connectivity index (χ1) is 15.8. The van der Waals surface area contributed by atoms with Gasteiger partial charge in [0.15, 0.2) is 5.78 Å². The number of carbonyl (C=O) groups excluding carboxylic acids is 4. The number of hydrogen-bond donors (Lipinski definition) is 3. The molecule has 0 atom stereocenters. The van der Waals surface area contributed by atoms with Crippen LogP contribution >= 0.6 is 0 Å². The Bertz CT molecular complexity index is 1240. The molecule has 3 aliphatic rings. The van der Waals surface area contributed by atoms with Crippen molar-refractivity contribution in [1.29, 1.82) is 0 Å². The molecule has 10 nitrogen and oxygen atoms in total. The second-order valence-corrected chi connectivity index (χ2v) is 8.09.